The van der Waals surface area contributed by atoms with E-state index in [0.29, 0.717) is 5.56 Å². The molecule has 0 aliphatic carbocycles. The van der Waals surface area contributed by atoms with Crippen LogP contribution in [0.15, 0.2) is 53.5 Å². The molecule has 2 aromatic carbocycles. The van der Waals surface area contributed by atoms with E-state index in [2.05, 4.69) is 17.2 Å². The quantitative estimate of drug-likeness (QED) is 0.495. The molecule has 0 radical (unpaired) electrons. The minimum atomic E-state index is -0.621. The van der Waals surface area contributed by atoms with E-state index in [1.165, 1.54) is 13.2 Å². The molecule has 0 N–H and O–H groups in total. The van der Waals surface area contributed by atoms with Gasteiger partial charge in [0.2, 0.25) is 0 Å². The molecule has 0 aliphatic heterocycles. The number of isothiocyanates is 1. The van der Waals surface area contributed by atoms with Crippen LogP contribution in [0.1, 0.15) is 20.7 Å². The number of thiocarbonyl (C=S) groups is 1. The van der Waals surface area contributed by atoms with Crippen LogP contribution >= 0.6 is 12.2 Å². The van der Waals surface area contributed by atoms with Crippen molar-refractivity contribution in [1.82, 2.24) is 0 Å². The standard InChI is InChI=1S/C16H11NO3S/c1-20-16(19)13-9-5-8-12(11-6-3-2-4-7-11)14(13)15(18)17-10-21/h2-9H,1H3. The Kier molecular flexibility index (Phi) is 4.72. The molecule has 104 valence electrons. The minimum Gasteiger partial charge on any atom is -0.465 e. The third kappa shape index (κ3) is 3.11. The Bertz CT molecular complexity index is 734. The van der Waals surface area contributed by atoms with Crippen LogP contribution in [0.4, 0.5) is 0 Å². The van der Waals surface area contributed by atoms with Gasteiger partial charge < -0.3 is 4.74 Å². The summed E-state index contributed by atoms with van der Waals surface area (Å²) in [4.78, 5) is 27.5. The first kappa shape index (κ1) is 14.8. The molecular formula is C16H11NO3S. The topological polar surface area (TPSA) is 55.7 Å². The highest BCUT2D eigenvalue weighted by Gasteiger charge is 2.21. The molecule has 0 fully saturated rings. The van der Waals surface area contributed by atoms with E-state index < -0.39 is 11.9 Å². The van der Waals surface area contributed by atoms with Crippen molar-refractivity contribution < 1.29 is 14.3 Å². The fourth-order valence-electron chi connectivity index (χ4n) is 2.02. The maximum absolute atomic E-state index is 12.2. The minimum absolute atomic E-state index is 0.151. The molecule has 0 heterocycles. The maximum atomic E-state index is 12.2. The van der Waals surface area contributed by atoms with Crippen molar-refractivity contribution >= 4 is 29.3 Å². The molecule has 5 heteroatoms. The molecule has 0 spiro atoms. The van der Waals surface area contributed by atoms with Gasteiger partial charge in [-0.15, -0.1) is 0 Å². The number of ether oxygens (including phenoxy) is 1. The first-order valence-corrected chi connectivity index (χ1v) is 6.48. The van der Waals surface area contributed by atoms with Gasteiger partial charge in [0.1, 0.15) is 0 Å². The first-order valence-electron chi connectivity index (χ1n) is 6.08. The Morgan fingerprint density at radius 3 is 2.43 bits per heavy atom. The number of benzene rings is 2. The number of rotatable bonds is 3. The van der Waals surface area contributed by atoms with Crippen LogP contribution in [0.3, 0.4) is 0 Å². The van der Waals surface area contributed by atoms with Crippen molar-refractivity contribution in [3.63, 3.8) is 0 Å². The number of carbonyl (C=O) groups is 2. The van der Waals surface area contributed by atoms with Crippen molar-refractivity contribution in [2.75, 3.05) is 7.11 Å². The van der Waals surface area contributed by atoms with E-state index in [4.69, 9.17) is 4.74 Å². The average Bonchev–Trinajstić information content (AvgIpc) is 2.54. The molecule has 4 nitrogen and oxygen atoms in total. The second-order valence-electron chi connectivity index (χ2n) is 4.09. The van der Waals surface area contributed by atoms with Crippen LogP contribution in [-0.4, -0.2) is 24.1 Å². The number of nitrogens with zero attached hydrogens (tertiary/aromatic N) is 1. The van der Waals surface area contributed by atoms with Gasteiger partial charge in [-0.2, -0.15) is 4.99 Å². The second kappa shape index (κ2) is 6.70. The van der Waals surface area contributed by atoms with Gasteiger partial charge in [-0.1, -0.05) is 42.5 Å². The van der Waals surface area contributed by atoms with Gasteiger partial charge in [-0.05, 0) is 29.4 Å². The number of hydrogen-bond acceptors (Lipinski definition) is 4. The van der Waals surface area contributed by atoms with Gasteiger partial charge in [0.15, 0.2) is 0 Å². The van der Waals surface area contributed by atoms with Gasteiger partial charge >= 0.3 is 5.97 Å². The van der Waals surface area contributed by atoms with Gasteiger partial charge in [-0.25, -0.2) is 4.79 Å². The van der Waals surface area contributed by atoms with E-state index in [-0.39, 0.29) is 11.1 Å². The number of aliphatic imine (C=N–C) groups is 1. The third-order valence-corrected chi connectivity index (χ3v) is 3.01. The van der Waals surface area contributed by atoms with Crippen molar-refractivity contribution in [2.45, 2.75) is 0 Å². The van der Waals surface area contributed by atoms with Gasteiger partial charge in [0, 0.05) is 0 Å². The van der Waals surface area contributed by atoms with Crippen LogP contribution in [-0.2, 0) is 4.74 Å². The van der Waals surface area contributed by atoms with Gasteiger partial charge in [-0.3, -0.25) is 4.79 Å². The summed E-state index contributed by atoms with van der Waals surface area (Å²) in [5.41, 5.74) is 1.70. The highest BCUT2D eigenvalue weighted by atomic mass is 32.1. The second-order valence-corrected chi connectivity index (χ2v) is 4.28. The summed E-state index contributed by atoms with van der Waals surface area (Å²) in [6.07, 6.45) is 0. The van der Waals surface area contributed by atoms with Crippen LogP contribution in [0.25, 0.3) is 11.1 Å². The molecule has 0 atom stereocenters. The van der Waals surface area contributed by atoms with Crippen LogP contribution in [0.2, 0.25) is 0 Å². The Hall–Kier alpha value is -2.62. The molecule has 1 amide bonds. The number of amides is 1. The number of carbonyl (C=O) groups excluding carboxylic acids is 2. The molecule has 21 heavy (non-hydrogen) atoms. The average molecular weight is 297 g/mol. The summed E-state index contributed by atoms with van der Waals surface area (Å²) in [6, 6.07) is 14.2. The van der Waals surface area contributed by atoms with E-state index in [1.54, 1.807) is 12.1 Å². The molecular weight excluding hydrogens is 286 g/mol. The van der Waals surface area contributed by atoms with E-state index in [1.807, 2.05) is 35.5 Å². The monoisotopic (exact) mass is 297 g/mol. The summed E-state index contributed by atoms with van der Waals surface area (Å²) in [7, 11) is 1.26. The Morgan fingerprint density at radius 2 is 1.81 bits per heavy atom. The van der Waals surface area contributed by atoms with Crippen LogP contribution in [0.5, 0.6) is 0 Å². The zero-order valence-corrected chi connectivity index (χ0v) is 12.0. The van der Waals surface area contributed by atoms with E-state index in [9.17, 15) is 9.59 Å². The lowest BCUT2D eigenvalue weighted by Gasteiger charge is -2.10. The summed E-state index contributed by atoms with van der Waals surface area (Å²) >= 11 is 4.47. The Balaban J connectivity index is 2.73. The summed E-state index contributed by atoms with van der Waals surface area (Å²) in [6.45, 7) is 0. The Labute approximate surface area is 127 Å². The molecule has 0 aromatic heterocycles. The first-order chi connectivity index (χ1) is 10.2. The zero-order valence-electron chi connectivity index (χ0n) is 11.2. The summed E-state index contributed by atoms with van der Waals surface area (Å²) in [5, 5.41) is 2.04. The fourth-order valence-corrected chi connectivity index (χ4v) is 2.10. The summed E-state index contributed by atoms with van der Waals surface area (Å²) < 4.78 is 4.72. The van der Waals surface area contributed by atoms with Crippen molar-refractivity contribution in [3.8, 4) is 11.1 Å². The number of methoxy groups -OCH3 is 1. The lowest BCUT2D eigenvalue weighted by molar-refractivity contribution is 0.0597. The normalized spacial score (nSPS) is 9.57. The largest absolute Gasteiger partial charge is 0.465 e. The predicted octanol–water partition coefficient (Wildman–Crippen LogP) is 3.38. The Morgan fingerprint density at radius 1 is 1.10 bits per heavy atom. The van der Waals surface area contributed by atoms with E-state index >= 15 is 0 Å². The maximum Gasteiger partial charge on any atom is 0.338 e. The SMILES string of the molecule is COC(=O)c1cccc(-c2ccccc2)c1C(=O)N=C=S. The fraction of sp³-hybridized carbons (Fsp3) is 0.0625. The highest BCUT2D eigenvalue weighted by Crippen LogP contribution is 2.27. The molecule has 0 unspecified atom stereocenters. The lowest BCUT2D eigenvalue weighted by Crippen LogP contribution is -2.10. The molecule has 0 bridgehead atoms. The number of esters is 1. The smallest absolute Gasteiger partial charge is 0.338 e. The van der Waals surface area contributed by atoms with Gasteiger partial charge in [0.05, 0.1) is 23.4 Å². The lowest BCUT2D eigenvalue weighted by atomic mass is 9.95. The molecule has 2 aromatic rings. The molecule has 0 saturated heterocycles. The van der Waals surface area contributed by atoms with Gasteiger partial charge in [0.25, 0.3) is 5.91 Å². The van der Waals surface area contributed by atoms with Crippen molar-refractivity contribution in [3.05, 3.63) is 59.7 Å². The molecule has 0 aliphatic rings. The number of hydrogen-bond donors (Lipinski definition) is 0. The van der Waals surface area contributed by atoms with Crippen LogP contribution < -0.4 is 0 Å². The highest BCUT2D eigenvalue weighted by molar-refractivity contribution is 7.78. The van der Waals surface area contributed by atoms with Crippen LogP contribution in [0, 0.1) is 0 Å². The summed E-state index contributed by atoms with van der Waals surface area (Å²) in [5.74, 6) is -1.22. The molecule has 2 rings (SSSR count). The van der Waals surface area contributed by atoms with Crippen molar-refractivity contribution in [1.29, 1.82) is 0 Å². The van der Waals surface area contributed by atoms with E-state index in [0.717, 1.165) is 5.56 Å². The predicted molar refractivity (Wildman–Crippen MR) is 82.6 cm³/mol. The van der Waals surface area contributed by atoms with Crippen molar-refractivity contribution in [2.24, 2.45) is 4.99 Å². The molecule has 0 saturated carbocycles. The zero-order chi connectivity index (χ0) is 15.2. The third-order valence-electron chi connectivity index (χ3n) is 2.92.